The summed E-state index contributed by atoms with van der Waals surface area (Å²) in [7, 11) is 0. The molecule has 1 saturated heterocycles. The molecule has 1 fully saturated rings. The molecule has 1 amide bonds. The van der Waals surface area contributed by atoms with E-state index in [0.29, 0.717) is 18.1 Å². The lowest BCUT2D eigenvalue weighted by molar-refractivity contribution is 0.0940. The van der Waals surface area contributed by atoms with Gasteiger partial charge in [0.15, 0.2) is 5.82 Å². The maximum absolute atomic E-state index is 12.3. The second-order valence-corrected chi connectivity index (χ2v) is 6.45. The summed E-state index contributed by atoms with van der Waals surface area (Å²) in [6.45, 7) is 4.78. The van der Waals surface area contributed by atoms with E-state index < -0.39 is 0 Å². The van der Waals surface area contributed by atoms with Gasteiger partial charge in [-0.15, -0.1) is 0 Å². The minimum atomic E-state index is -0.128. The molecule has 0 saturated carbocycles. The minimum absolute atomic E-state index is 0.128. The van der Waals surface area contributed by atoms with Crippen LogP contribution >= 0.6 is 0 Å². The summed E-state index contributed by atoms with van der Waals surface area (Å²) in [6, 6.07) is 3.75. The number of anilines is 1. The van der Waals surface area contributed by atoms with Gasteiger partial charge in [-0.1, -0.05) is 0 Å². The number of carbonyl (C=O) groups is 1. The van der Waals surface area contributed by atoms with Crippen molar-refractivity contribution in [2.75, 3.05) is 38.0 Å². The Bertz CT molecular complexity index is 758. The highest BCUT2D eigenvalue weighted by molar-refractivity contribution is 5.96. The number of hydrogen-bond donors (Lipinski definition) is 2. The van der Waals surface area contributed by atoms with E-state index in [1.54, 1.807) is 12.4 Å². The van der Waals surface area contributed by atoms with Crippen LogP contribution in [0.3, 0.4) is 0 Å². The predicted molar refractivity (Wildman–Crippen MR) is 95.5 cm³/mol. The topological polar surface area (TPSA) is 83.0 Å². The van der Waals surface area contributed by atoms with Crippen LogP contribution in [0.5, 0.6) is 0 Å². The van der Waals surface area contributed by atoms with Gasteiger partial charge in [0.25, 0.3) is 5.91 Å². The molecule has 0 aliphatic carbocycles. The molecule has 0 atom stereocenters. The van der Waals surface area contributed by atoms with Gasteiger partial charge in [0.1, 0.15) is 11.5 Å². The third kappa shape index (κ3) is 3.46. The molecule has 4 heterocycles. The van der Waals surface area contributed by atoms with Crippen molar-refractivity contribution < 1.29 is 4.79 Å². The zero-order chi connectivity index (χ0) is 17.1. The second-order valence-electron chi connectivity index (χ2n) is 6.45. The molecular weight excluding hydrogens is 316 g/mol. The quantitative estimate of drug-likeness (QED) is 0.856. The molecule has 2 N–H and O–H groups in total. The number of likely N-dealkylation sites (tertiary alicyclic amines) is 1. The third-order valence-corrected chi connectivity index (χ3v) is 4.72. The maximum Gasteiger partial charge on any atom is 0.270 e. The zero-order valence-corrected chi connectivity index (χ0v) is 14.2. The number of nitrogens with one attached hydrogen (secondary N) is 2. The highest BCUT2D eigenvalue weighted by atomic mass is 16.1. The van der Waals surface area contributed by atoms with Crippen LogP contribution in [0.2, 0.25) is 0 Å². The van der Waals surface area contributed by atoms with Gasteiger partial charge in [0.05, 0.1) is 0 Å². The first-order valence-electron chi connectivity index (χ1n) is 8.87. The first kappa shape index (κ1) is 16.0. The van der Waals surface area contributed by atoms with E-state index in [0.717, 1.165) is 36.5 Å². The van der Waals surface area contributed by atoms with Crippen molar-refractivity contribution in [3.05, 3.63) is 35.8 Å². The molecule has 130 valence electrons. The number of amides is 1. The maximum atomic E-state index is 12.3. The number of hydrogen-bond acceptors (Lipinski definition) is 6. The normalized spacial score (nSPS) is 17.2. The molecule has 2 aromatic heterocycles. The fraction of sp³-hybridized carbons (Fsp3) is 0.444. The van der Waals surface area contributed by atoms with Gasteiger partial charge in [0.2, 0.25) is 0 Å². The minimum Gasteiger partial charge on any atom is -0.368 e. The number of pyridine rings is 1. The average molecular weight is 338 g/mol. The van der Waals surface area contributed by atoms with Gasteiger partial charge in [-0.3, -0.25) is 9.78 Å². The Hall–Kier alpha value is -2.54. The van der Waals surface area contributed by atoms with E-state index in [1.807, 2.05) is 12.1 Å². The van der Waals surface area contributed by atoms with Gasteiger partial charge < -0.3 is 15.5 Å². The smallest absolute Gasteiger partial charge is 0.270 e. The average Bonchev–Trinajstić information content (AvgIpc) is 3.16. The number of carbonyl (C=O) groups excluding carboxylic acids is 1. The molecule has 25 heavy (non-hydrogen) atoms. The number of nitrogens with zero attached hydrogens (tertiary/aromatic N) is 4. The van der Waals surface area contributed by atoms with Gasteiger partial charge in [0, 0.05) is 43.2 Å². The number of fused-ring (bicyclic) bond motifs is 1. The summed E-state index contributed by atoms with van der Waals surface area (Å²) in [4.78, 5) is 28.0. The largest absolute Gasteiger partial charge is 0.368 e. The van der Waals surface area contributed by atoms with Gasteiger partial charge in [-0.05, 0) is 44.5 Å². The zero-order valence-electron chi connectivity index (χ0n) is 14.2. The third-order valence-electron chi connectivity index (χ3n) is 4.72. The molecule has 0 spiro atoms. The Balaban J connectivity index is 1.61. The van der Waals surface area contributed by atoms with E-state index in [1.165, 1.54) is 25.9 Å². The highest BCUT2D eigenvalue weighted by Gasteiger charge is 2.24. The number of aromatic nitrogens is 3. The highest BCUT2D eigenvalue weighted by Crippen LogP contribution is 2.24. The van der Waals surface area contributed by atoms with Crippen molar-refractivity contribution in [3.63, 3.8) is 0 Å². The fourth-order valence-electron chi connectivity index (χ4n) is 3.40. The van der Waals surface area contributed by atoms with Gasteiger partial charge in [-0.25, -0.2) is 9.97 Å². The Kier molecular flexibility index (Phi) is 4.56. The molecule has 2 aliphatic heterocycles. The summed E-state index contributed by atoms with van der Waals surface area (Å²) < 4.78 is 0. The van der Waals surface area contributed by atoms with Crippen LogP contribution in [0.1, 0.15) is 28.9 Å². The lowest BCUT2D eigenvalue weighted by Crippen LogP contribution is -2.34. The lowest BCUT2D eigenvalue weighted by atomic mass is 10.1. The molecule has 7 nitrogen and oxygen atoms in total. The lowest BCUT2D eigenvalue weighted by Gasteiger charge is -2.21. The van der Waals surface area contributed by atoms with Crippen molar-refractivity contribution in [1.82, 2.24) is 25.2 Å². The van der Waals surface area contributed by atoms with E-state index in [4.69, 9.17) is 4.98 Å². The molecule has 0 unspecified atom stereocenters. The molecule has 7 heteroatoms. The molecule has 0 radical (unpaired) electrons. The Morgan fingerprint density at radius 2 is 2.12 bits per heavy atom. The second kappa shape index (κ2) is 7.14. The van der Waals surface area contributed by atoms with Crippen LogP contribution in [-0.2, 0) is 6.42 Å². The van der Waals surface area contributed by atoms with Gasteiger partial charge in [-0.2, -0.15) is 0 Å². The summed E-state index contributed by atoms with van der Waals surface area (Å²) in [5.41, 5.74) is 2.20. The fourth-order valence-corrected chi connectivity index (χ4v) is 3.40. The van der Waals surface area contributed by atoms with Crippen LogP contribution in [0.4, 0.5) is 5.82 Å². The van der Waals surface area contributed by atoms with E-state index >= 15 is 0 Å². The van der Waals surface area contributed by atoms with Crippen molar-refractivity contribution in [3.8, 4) is 11.4 Å². The summed E-state index contributed by atoms with van der Waals surface area (Å²) in [6.07, 6.45) is 6.75. The Morgan fingerprint density at radius 3 is 2.92 bits per heavy atom. The Labute approximate surface area is 146 Å². The summed E-state index contributed by atoms with van der Waals surface area (Å²) >= 11 is 0. The molecule has 4 rings (SSSR count). The van der Waals surface area contributed by atoms with Crippen molar-refractivity contribution in [1.29, 1.82) is 0 Å². The van der Waals surface area contributed by atoms with Crippen LogP contribution < -0.4 is 10.6 Å². The van der Waals surface area contributed by atoms with Crippen LogP contribution in [0.15, 0.2) is 24.5 Å². The number of rotatable bonds is 5. The summed E-state index contributed by atoms with van der Waals surface area (Å²) in [5.74, 6) is 1.18. The molecular formula is C18H22N6O. The Morgan fingerprint density at radius 1 is 1.24 bits per heavy atom. The van der Waals surface area contributed by atoms with Crippen molar-refractivity contribution in [2.45, 2.75) is 19.3 Å². The monoisotopic (exact) mass is 338 g/mol. The van der Waals surface area contributed by atoms with E-state index in [-0.39, 0.29) is 5.91 Å². The van der Waals surface area contributed by atoms with Crippen molar-refractivity contribution >= 4 is 11.7 Å². The van der Waals surface area contributed by atoms with Crippen LogP contribution in [-0.4, -0.2) is 58.5 Å². The molecule has 2 aliphatic rings. The summed E-state index contributed by atoms with van der Waals surface area (Å²) in [5, 5.41) is 6.30. The van der Waals surface area contributed by atoms with Crippen LogP contribution in [0, 0.1) is 0 Å². The SMILES string of the molecule is O=C1NCCc2c(NCCN3CCCC3)nc(-c3cccnc3)nc21. The molecule has 0 aromatic carbocycles. The molecule has 0 bridgehead atoms. The van der Waals surface area contributed by atoms with Crippen LogP contribution in [0.25, 0.3) is 11.4 Å². The van der Waals surface area contributed by atoms with E-state index in [2.05, 4.69) is 25.5 Å². The predicted octanol–water partition coefficient (Wildman–Crippen LogP) is 1.33. The van der Waals surface area contributed by atoms with E-state index in [9.17, 15) is 4.79 Å². The molecule has 2 aromatic rings. The first-order chi connectivity index (χ1) is 12.3. The first-order valence-corrected chi connectivity index (χ1v) is 8.87. The van der Waals surface area contributed by atoms with Gasteiger partial charge >= 0.3 is 0 Å². The standard InChI is InChI=1S/C18H22N6O/c25-18-15-14(5-7-21-18)17(20-8-11-24-9-1-2-10-24)23-16(22-15)13-4-3-6-19-12-13/h3-4,6,12H,1-2,5,7-11H2,(H,21,25)(H,20,22,23). The van der Waals surface area contributed by atoms with Crippen molar-refractivity contribution in [2.24, 2.45) is 0 Å².